The van der Waals surface area contributed by atoms with Crippen molar-refractivity contribution in [2.75, 3.05) is 21.3 Å². The third kappa shape index (κ3) is 3.06. The van der Waals surface area contributed by atoms with Crippen LogP contribution in [-0.2, 0) is 0 Å². The van der Waals surface area contributed by atoms with Crippen LogP contribution in [0.4, 0.5) is 0 Å². The van der Waals surface area contributed by atoms with E-state index in [9.17, 15) is 4.79 Å². The Labute approximate surface area is 145 Å². The minimum Gasteiger partial charge on any atom is -0.493 e. The molecule has 0 radical (unpaired) electrons. The Bertz CT molecular complexity index is 862. The second kappa shape index (κ2) is 7.09. The number of carbonyl (C=O) groups is 1. The summed E-state index contributed by atoms with van der Waals surface area (Å²) < 4.78 is 16.1. The van der Waals surface area contributed by atoms with Crippen LogP contribution in [0.15, 0.2) is 49.1 Å². The van der Waals surface area contributed by atoms with E-state index in [2.05, 4.69) is 9.97 Å². The third-order valence-corrected chi connectivity index (χ3v) is 3.89. The Balaban J connectivity index is 2.10. The Hall–Kier alpha value is -3.28. The van der Waals surface area contributed by atoms with Gasteiger partial charge in [-0.15, -0.1) is 0 Å². The fourth-order valence-corrected chi connectivity index (χ4v) is 2.68. The van der Waals surface area contributed by atoms with Gasteiger partial charge in [0.2, 0.25) is 5.75 Å². The molecule has 2 aromatic heterocycles. The van der Waals surface area contributed by atoms with E-state index < -0.39 is 0 Å². The van der Waals surface area contributed by atoms with Crippen molar-refractivity contribution in [1.29, 1.82) is 0 Å². The van der Waals surface area contributed by atoms with Crippen LogP contribution in [0.25, 0.3) is 11.1 Å². The molecule has 0 aliphatic heterocycles. The van der Waals surface area contributed by atoms with Gasteiger partial charge in [0.1, 0.15) is 0 Å². The smallest absolute Gasteiger partial charge is 0.203 e. The number of aromatic nitrogens is 2. The number of hydrogen-bond donors (Lipinski definition) is 1. The number of ketones is 1. The first-order valence-electron chi connectivity index (χ1n) is 7.61. The Morgan fingerprint density at radius 1 is 1.04 bits per heavy atom. The summed E-state index contributed by atoms with van der Waals surface area (Å²) in [5, 5.41) is 0. The average molecular weight is 338 g/mol. The topological polar surface area (TPSA) is 73.4 Å². The van der Waals surface area contributed by atoms with Gasteiger partial charge in [-0.25, -0.2) is 0 Å². The SMILES string of the molecule is COc1cc(-c2c[nH]cc2C(=O)c2cccnc2)cc(OC)c1OC. The largest absolute Gasteiger partial charge is 0.493 e. The Kier molecular flexibility index (Phi) is 4.70. The van der Waals surface area contributed by atoms with Gasteiger partial charge in [-0.1, -0.05) is 0 Å². The van der Waals surface area contributed by atoms with Crippen LogP contribution >= 0.6 is 0 Å². The van der Waals surface area contributed by atoms with Crippen LogP contribution < -0.4 is 14.2 Å². The highest BCUT2D eigenvalue weighted by molar-refractivity contribution is 6.12. The van der Waals surface area contributed by atoms with Crippen LogP contribution in [0.5, 0.6) is 17.2 Å². The zero-order valence-corrected chi connectivity index (χ0v) is 14.2. The number of pyridine rings is 1. The second-order valence-corrected chi connectivity index (χ2v) is 5.27. The maximum Gasteiger partial charge on any atom is 0.203 e. The molecule has 0 saturated carbocycles. The number of H-pyrrole nitrogens is 1. The molecule has 25 heavy (non-hydrogen) atoms. The summed E-state index contributed by atoms with van der Waals surface area (Å²) in [6.07, 6.45) is 6.63. The molecule has 1 aromatic carbocycles. The van der Waals surface area contributed by atoms with Gasteiger partial charge in [0, 0.05) is 41.5 Å². The quantitative estimate of drug-likeness (QED) is 0.698. The molecule has 0 unspecified atom stereocenters. The molecular formula is C19H18N2O4. The first-order valence-corrected chi connectivity index (χ1v) is 7.61. The molecule has 0 aliphatic rings. The van der Waals surface area contributed by atoms with Crippen molar-refractivity contribution in [3.05, 3.63) is 60.2 Å². The van der Waals surface area contributed by atoms with Crippen LogP contribution in [0.1, 0.15) is 15.9 Å². The standard InChI is InChI=1S/C19H18N2O4/c1-23-16-7-13(8-17(24-2)19(16)25-3)14-10-21-11-15(14)18(22)12-5-4-6-20-9-12/h4-11,21H,1-3H3. The molecule has 2 heterocycles. The molecule has 0 saturated heterocycles. The first kappa shape index (κ1) is 16.6. The van der Waals surface area contributed by atoms with Crippen molar-refractivity contribution in [3.8, 4) is 28.4 Å². The lowest BCUT2D eigenvalue weighted by atomic mass is 9.98. The number of aromatic amines is 1. The number of carbonyl (C=O) groups excluding carboxylic acids is 1. The lowest BCUT2D eigenvalue weighted by molar-refractivity contribution is 0.103. The van der Waals surface area contributed by atoms with E-state index in [4.69, 9.17) is 14.2 Å². The molecule has 0 aliphatic carbocycles. The lowest BCUT2D eigenvalue weighted by Crippen LogP contribution is -2.02. The molecule has 3 rings (SSSR count). The fraction of sp³-hybridized carbons (Fsp3) is 0.158. The van der Waals surface area contributed by atoms with E-state index in [1.807, 2.05) is 12.1 Å². The molecular weight excluding hydrogens is 320 g/mol. The minimum atomic E-state index is -0.113. The summed E-state index contributed by atoms with van der Waals surface area (Å²) in [6.45, 7) is 0. The molecule has 0 spiro atoms. The molecule has 1 N–H and O–H groups in total. The summed E-state index contributed by atoms with van der Waals surface area (Å²) in [5.74, 6) is 1.44. The molecule has 0 atom stereocenters. The highest BCUT2D eigenvalue weighted by Gasteiger charge is 2.20. The van der Waals surface area contributed by atoms with E-state index in [1.165, 1.54) is 0 Å². The monoisotopic (exact) mass is 338 g/mol. The molecule has 3 aromatic rings. The lowest BCUT2D eigenvalue weighted by Gasteiger charge is -2.14. The summed E-state index contributed by atoms with van der Waals surface area (Å²) >= 11 is 0. The highest BCUT2D eigenvalue weighted by atomic mass is 16.5. The molecule has 0 fully saturated rings. The number of nitrogens with one attached hydrogen (secondary N) is 1. The van der Waals surface area contributed by atoms with E-state index in [0.717, 1.165) is 11.1 Å². The van der Waals surface area contributed by atoms with Gasteiger partial charge in [-0.3, -0.25) is 9.78 Å². The summed E-state index contributed by atoms with van der Waals surface area (Å²) in [6, 6.07) is 7.09. The summed E-state index contributed by atoms with van der Waals surface area (Å²) in [4.78, 5) is 19.8. The highest BCUT2D eigenvalue weighted by Crippen LogP contribution is 2.42. The first-order chi connectivity index (χ1) is 12.2. The number of nitrogens with zero attached hydrogens (tertiary/aromatic N) is 1. The van der Waals surface area contributed by atoms with Gasteiger partial charge < -0.3 is 19.2 Å². The normalized spacial score (nSPS) is 10.4. The van der Waals surface area contributed by atoms with E-state index in [-0.39, 0.29) is 5.78 Å². The maximum absolute atomic E-state index is 12.8. The van der Waals surface area contributed by atoms with Crippen molar-refractivity contribution in [2.45, 2.75) is 0 Å². The summed E-state index contributed by atoms with van der Waals surface area (Å²) in [5.41, 5.74) is 2.59. The number of methoxy groups -OCH3 is 3. The van der Waals surface area contributed by atoms with Gasteiger partial charge in [0.05, 0.1) is 21.3 Å². The van der Waals surface area contributed by atoms with Crippen LogP contribution in [0, 0.1) is 0 Å². The van der Waals surface area contributed by atoms with Crippen molar-refractivity contribution in [3.63, 3.8) is 0 Å². The second-order valence-electron chi connectivity index (χ2n) is 5.27. The van der Waals surface area contributed by atoms with Gasteiger partial charge in [0.25, 0.3) is 0 Å². The molecule has 6 nitrogen and oxygen atoms in total. The third-order valence-electron chi connectivity index (χ3n) is 3.89. The van der Waals surface area contributed by atoms with E-state index >= 15 is 0 Å². The minimum absolute atomic E-state index is 0.113. The molecule has 128 valence electrons. The predicted molar refractivity (Wildman–Crippen MR) is 93.6 cm³/mol. The van der Waals surface area contributed by atoms with Crippen LogP contribution in [-0.4, -0.2) is 37.1 Å². The van der Waals surface area contributed by atoms with Crippen molar-refractivity contribution >= 4 is 5.78 Å². The number of ether oxygens (including phenoxy) is 3. The zero-order chi connectivity index (χ0) is 17.8. The molecule has 6 heteroatoms. The maximum atomic E-state index is 12.8. The summed E-state index contributed by atoms with van der Waals surface area (Å²) in [7, 11) is 4.66. The molecule has 0 bridgehead atoms. The fourth-order valence-electron chi connectivity index (χ4n) is 2.68. The van der Waals surface area contributed by atoms with Crippen molar-refractivity contribution < 1.29 is 19.0 Å². The number of hydrogen-bond acceptors (Lipinski definition) is 5. The van der Waals surface area contributed by atoms with Gasteiger partial charge >= 0.3 is 0 Å². The molecule has 0 amide bonds. The average Bonchev–Trinajstić information content (AvgIpc) is 3.16. The van der Waals surface area contributed by atoms with Gasteiger partial charge in [-0.2, -0.15) is 0 Å². The zero-order valence-electron chi connectivity index (χ0n) is 14.2. The van der Waals surface area contributed by atoms with Crippen molar-refractivity contribution in [1.82, 2.24) is 9.97 Å². The Morgan fingerprint density at radius 3 is 2.32 bits per heavy atom. The van der Waals surface area contributed by atoms with Gasteiger partial charge in [-0.05, 0) is 29.8 Å². The van der Waals surface area contributed by atoms with E-state index in [1.54, 1.807) is 58.2 Å². The van der Waals surface area contributed by atoms with Crippen LogP contribution in [0.3, 0.4) is 0 Å². The number of rotatable bonds is 6. The van der Waals surface area contributed by atoms with E-state index in [0.29, 0.717) is 28.4 Å². The van der Waals surface area contributed by atoms with Crippen molar-refractivity contribution in [2.24, 2.45) is 0 Å². The predicted octanol–water partition coefficient (Wildman–Crippen LogP) is 3.33. The Morgan fingerprint density at radius 2 is 1.76 bits per heavy atom. The van der Waals surface area contributed by atoms with Crippen LogP contribution in [0.2, 0.25) is 0 Å². The number of benzene rings is 1. The van der Waals surface area contributed by atoms with Gasteiger partial charge in [0.15, 0.2) is 17.3 Å².